The van der Waals surface area contributed by atoms with Crippen molar-refractivity contribution in [3.05, 3.63) is 34.5 Å². The van der Waals surface area contributed by atoms with Gasteiger partial charge in [-0.1, -0.05) is 19.9 Å². The van der Waals surface area contributed by atoms with Crippen molar-refractivity contribution in [2.45, 2.75) is 52.1 Å². The fourth-order valence-electron chi connectivity index (χ4n) is 2.34. The SMILES string of the molecule is CCc1cccnc1-c1nc(CC)c(CNC2CC2)s1. The van der Waals surface area contributed by atoms with E-state index in [9.17, 15) is 0 Å². The molecular weight excluding hydrogens is 266 g/mol. The molecule has 0 radical (unpaired) electrons. The van der Waals surface area contributed by atoms with E-state index >= 15 is 0 Å². The van der Waals surface area contributed by atoms with E-state index in [4.69, 9.17) is 4.98 Å². The van der Waals surface area contributed by atoms with Gasteiger partial charge in [0.05, 0.1) is 5.69 Å². The maximum Gasteiger partial charge on any atom is 0.142 e. The van der Waals surface area contributed by atoms with Crippen LogP contribution in [0.1, 0.15) is 42.8 Å². The molecule has 2 heterocycles. The Morgan fingerprint density at radius 1 is 1.30 bits per heavy atom. The van der Waals surface area contributed by atoms with E-state index in [2.05, 4.69) is 30.2 Å². The molecule has 2 aromatic heterocycles. The lowest BCUT2D eigenvalue weighted by Crippen LogP contribution is -2.15. The first-order valence-corrected chi connectivity index (χ1v) is 8.29. The van der Waals surface area contributed by atoms with Gasteiger partial charge in [0, 0.05) is 23.7 Å². The van der Waals surface area contributed by atoms with Gasteiger partial charge in [0.15, 0.2) is 0 Å². The maximum atomic E-state index is 4.82. The van der Waals surface area contributed by atoms with Crippen molar-refractivity contribution in [3.63, 3.8) is 0 Å². The highest BCUT2D eigenvalue weighted by Crippen LogP contribution is 2.30. The molecule has 20 heavy (non-hydrogen) atoms. The van der Waals surface area contributed by atoms with Crippen LogP contribution in [-0.4, -0.2) is 16.0 Å². The molecular formula is C16H21N3S. The lowest BCUT2D eigenvalue weighted by Gasteiger charge is -2.02. The third-order valence-electron chi connectivity index (χ3n) is 3.72. The summed E-state index contributed by atoms with van der Waals surface area (Å²) in [6.07, 6.45) is 6.51. The Hall–Kier alpha value is -1.26. The zero-order valence-electron chi connectivity index (χ0n) is 12.1. The minimum Gasteiger partial charge on any atom is -0.309 e. The highest BCUT2D eigenvalue weighted by molar-refractivity contribution is 7.15. The minimum absolute atomic E-state index is 0.742. The van der Waals surface area contributed by atoms with Crippen LogP contribution in [0, 0.1) is 0 Å². The van der Waals surface area contributed by atoms with Crippen molar-refractivity contribution < 1.29 is 0 Å². The quantitative estimate of drug-likeness (QED) is 0.882. The smallest absolute Gasteiger partial charge is 0.142 e. The zero-order valence-corrected chi connectivity index (χ0v) is 13.0. The molecule has 0 bridgehead atoms. The Kier molecular flexibility index (Phi) is 4.13. The van der Waals surface area contributed by atoms with Gasteiger partial charge in [-0.3, -0.25) is 4.98 Å². The molecule has 1 aliphatic rings. The topological polar surface area (TPSA) is 37.8 Å². The van der Waals surface area contributed by atoms with Crippen molar-refractivity contribution in [3.8, 4) is 10.7 Å². The van der Waals surface area contributed by atoms with Crippen LogP contribution in [0.25, 0.3) is 10.7 Å². The van der Waals surface area contributed by atoms with Crippen LogP contribution in [0.15, 0.2) is 18.3 Å². The second-order valence-electron chi connectivity index (χ2n) is 5.26. The number of hydrogen-bond acceptors (Lipinski definition) is 4. The first-order valence-electron chi connectivity index (χ1n) is 7.48. The fraction of sp³-hybridized carbons (Fsp3) is 0.500. The van der Waals surface area contributed by atoms with E-state index in [0.717, 1.165) is 36.1 Å². The largest absolute Gasteiger partial charge is 0.309 e. The molecule has 0 aliphatic heterocycles. The van der Waals surface area contributed by atoms with E-state index in [1.807, 2.05) is 12.3 Å². The number of rotatable bonds is 6. The molecule has 0 saturated heterocycles. The van der Waals surface area contributed by atoms with E-state index in [-0.39, 0.29) is 0 Å². The monoisotopic (exact) mass is 287 g/mol. The third kappa shape index (κ3) is 2.91. The van der Waals surface area contributed by atoms with Crippen LogP contribution in [0.2, 0.25) is 0 Å². The highest BCUT2D eigenvalue weighted by Gasteiger charge is 2.21. The van der Waals surface area contributed by atoms with Crippen LogP contribution in [0.5, 0.6) is 0 Å². The predicted octanol–water partition coefficient (Wildman–Crippen LogP) is 3.58. The number of aryl methyl sites for hydroxylation is 2. The first-order chi connectivity index (χ1) is 9.81. The summed E-state index contributed by atoms with van der Waals surface area (Å²) in [5.74, 6) is 0. The molecule has 4 heteroatoms. The molecule has 1 aliphatic carbocycles. The van der Waals surface area contributed by atoms with Crippen LogP contribution < -0.4 is 5.32 Å². The number of pyridine rings is 1. The molecule has 0 amide bonds. The molecule has 0 spiro atoms. The Labute approximate surface area is 124 Å². The average Bonchev–Trinajstić information content (AvgIpc) is 3.23. The molecule has 0 aromatic carbocycles. The van der Waals surface area contributed by atoms with Crippen molar-refractivity contribution >= 4 is 11.3 Å². The zero-order chi connectivity index (χ0) is 13.9. The van der Waals surface area contributed by atoms with Gasteiger partial charge in [-0.05, 0) is 37.3 Å². The summed E-state index contributed by atoms with van der Waals surface area (Å²) in [5.41, 5.74) is 3.57. The molecule has 0 unspecified atom stereocenters. The van der Waals surface area contributed by atoms with Crippen LogP contribution in [0.4, 0.5) is 0 Å². The Morgan fingerprint density at radius 3 is 2.85 bits per heavy atom. The molecule has 106 valence electrons. The van der Waals surface area contributed by atoms with E-state index in [1.54, 1.807) is 11.3 Å². The summed E-state index contributed by atoms with van der Waals surface area (Å²) in [6.45, 7) is 5.31. The molecule has 1 fully saturated rings. The van der Waals surface area contributed by atoms with Gasteiger partial charge >= 0.3 is 0 Å². The molecule has 1 saturated carbocycles. The van der Waals surface area contributed by atoms with Crippen LogP contribution >= 0.6 is 11.3 Å². The Balaban J connectivity index is 1.88. The van der Waals surface area contributed by atoms with Crippen LogP contribution in [0.3, 0.4) is 0 Å². The minimum atomic E-state index is 0.742. The lowest BCUT2D eigenvalue weighted by molar-refractivity contribution is 0.689. The van der Waals surface area contributed by atoms with Crippen molar-refractivity contribution in [1.82, 2.24) is 15.3 Å². The van der Waals surface area contributed by atoms with Gasteiger partial charge in [0.25, 0.3) is 0 Å². The molecule has 3 nitrogen and oxygen atoms in total. The van der Waals surface area contributed by atoms with Gasteiger partial charge in [0.1, 0.15) is 10.7 Å². The number of hydrogen-bond donors (Lipinski definition) is 1. The third-order valence-corrected chi connectivity index (χ3v) is 4.82. The number of nitrogens with zero attached hydrogens (tertiary/aromatic N) is 2. The van der Waals surface area contributed by atoms with Gasteiger partial charge in [-0.15, -0.1) is 11.3 Å². The van der Waals surface area contributed by atoms with Gasteiger partial charge in [0.2, 0.25) is 0 Å². The number of nitrogens with one attached hydrogen (secondary N) is 1. The van der Waals surface area contributed by atoms with E-state index in [0.29, 0.717) is 0 Å². The Bertz CT molecular complexity index is 587. The predicted molar refractivity (Wildman–Crippen MR) is 84.0 cm³/mol. The summed E-state index contributed by atoms with van der Waals surface area (Å²) >= 11 is 1.80. The first kappa shape index (κ1) is 13.7. The molecule has 0 atom stereocenters. The van der Waals surface area contributed by atoms with Gasteiger partial charge < -0.3 is 5.32 Å². The molecule has 1 N–H and O–H groups in total. The highest BCUT2D eigenvalue weighted by atomic mass is 32.1. The number of thiazole rings is 1. The van der Waals surface area contributed by atoms with E-state index in [1.165, 1.54) is 29.0 Å². The van der Waals surface area contributed by atoms with Crippen molar-refractivity contribution in [2.75, 3.05) is 0 Å². The average molecular weight is 287 g/mol. The van der Waals surface area contributed by atoms with E-state index < -0.39 is 0 Å². The maximum absolute atomic E-state index is 4.82. The summed E-state index contributed by atoms with van der Waals surface area (Å²) in [5, 5.41) is 4.67. The van der Waals surface area contributed by atoms with Gasteiger partial charge in [-0.2, -0.15) is 0 Å². The summed E-state index contributed by atoms with van der Waals surface area (Å²) in [4.78, 5) is 10.7. The van der Waals surface area contributed by atoms with Crippen molar-refractivity contribution in [2.24, 2.45) is 0 Å². The summed E-state index contributed by atoms with van der Waals surface area (Å²) in [6, 6.07) is 4.90. The molecule has 2 aromatic rings. The molecule has 3 rings (SSSR count). The van der Waals surface area contributed by atoms with Crippen LogP contribution in [-0.2, 0) is 19.4 Å². The normalized spacial score (nSPS) is 14.7. The van der Waals surface area contributed by atoms with Gasteiger partial charge in [-0.25, -0.2) is 4.98 Å². The standard InChI is InChI=1S/C16H21N3S/c1-3-11-6-5-9-17-15(11)16-19-13(4-2)14(20-16)10-18-12-7-8-12/h5-6,9,12,18H,3-4,7-8,10H2,1-2H3. The second-order valence-corrected chi connectivity index (χ2v) is 6.35. The summed E-state index contributed by atoms with van der Waals surface area (Å²) in [7, 11) is 0. The fourth-order valence-corrected chi connectivity index (χ4v) is 3.47. The summed E-state index contributed by atoms with van der Waals surface area (Å²) < 4.78 is 0. The number of aromatic nitrogens is 2. The van der Waals surface area contributed by atoms with Crippen molar-refractivity contribution in [1.29, 1.82) is 0 Å². The Morgan fingerprint density at radius 2 is 2.15 bits per heavy atom. The second kappa shape index (κ2) is 6.02. The lowest BCUT2D eigenvalue weighted by atomic mass is 10.1.